The summed E-state index contributed by atoms with van der Waals surface area (Å²) in [7, 11) is -3.81. The molecule has 5 nitrogen and oxygen atoms in total. The average Bonchev–Trinajstić information content (AvgIpc) is 2.16. The van der Waals surface area contributed by atoms with Gasteiger partial charge in [0.1, 0.15) is 0 Å². The molecule has 0 saturated heterocycles. The highest BCUT2D eigenvalue weighted by Crippen LogP contribution is 2.27. The van der Waals surface area contributed by atoms with Crippen LogP contribution in [0, 0.1) is 0 Å². The van der Waals surface area contributed by atoms with E-state index in [1.54, 1.807) is 13.0 Å². The zero-order chi connectivity index (χ0) is 12.3. The number of rotatable bonds is 4. The van der Waals surface area contributed by atoms with Gasteiger partial charge in [0.25, 0.3) is 0 Å². The maximum atomic E-state index is 11.3. The second kappa shape index (κ2) is 4.86. The van der Waals surface area contributed by atoms with Gasteiger partial charge in [0.2, 0.25) is 16.4 Å². The van der Waals surface area contributed by atoms with Gasteiger partial charge in [0.15, 0.2) is 0 Å². The van der Waals surface area contributed by atoms with Crippen LogP contribution in [0.3, 0.4) is 0 Å². The van der Waals surface area contributed by atoms with Gasteiger partial charge in [0, 0.05) is 10.6 Å². The van der Waals surface area contributed by atoms with Gasteiger partial charge in [0.05, 0.1) is 4.90 Å². The predicted octanol–water partition coefficient (Wildman–Crippen LogP) is 0.753. The molecule has 0 fully saturated rings. The van der Waals surface area contributed by atoms with Crippen molar-refractivity contribution >= 4 is 34.7 Å². The topological polar surface area (TPSA) is 89.3 Å². The lowest BCUT2D eigenvalue weighted by molar-refractivity contribution is -0.105. The highest BCUT2D eigenvalue weighted by Gasteiger charge is 2.16. The molecule has 0 unspecified atom stereocenters. The van der Waals surface area contributed by atoms with E-state index in [0.29, 0.717) is 29.0 Å². The van der Waals surface area contributed by atoms with Gasteiger partial charge in [-0.3, -0.25) is 4.79 Å². The average molecular weight is 260 g/mol. The van der Waals surface area contributed by atoms with Crippen molar-refractivity contribution in [2.24, 2.45) is 5.14 Å². The zero-order valence-corrected chi connectivity index (χ0v) is 10.3. The van der Waals surface area contributed by atoms with E-state index in [0.717, 1.165) is 0 Å². The number of hydrogen-bond donors (Lipinski definition) is 3. The molecule has 16 heavy (non-hydrogen) atoms. The number of benzene rings is 1. The Labute approximate surface area is 99.5 Å². The zero-order valence-electron chi connectivity index (χ0n) is 8.60. The summed E-state index contributed by atoms with van der Waals surface area (Å²) in [5.74, 6) is 0. The lowest BCUT2D eigenvalue weighted by Gasteiger charge is -2.11. The summed E-state index contributed by atoms with van der Waals surface area (Å²) in [5, 5.41) is 7.45. The highest BCUT2D eigenvalue weighted by atomic mass is 32.2. The van der Waals surface area contributed by atoms with Crippen molar-refractivity contribution in [3.8, 4) is 0 Å². The second-order valence-corrected chi connectivity index (χ2v) is 5.14. The molecule has 0 aromatic heterocycles. The molecule has 7 heteroatoms. The minimum absolute atomic E-state index is 0.00755. The summed E-state index contributed by atoms with van der Waals surface area (Å²) in [6, 6.07) is 2.90. The lowest BCUT2D eigenvalue weighted by atomic mass is 10.1. The van der Waals surface area contributed by atoms with Crippen molar-refractivity contribution in [3.63, 3.8) is 0 Å². The second-order valence-electron chi connectivity index (χ2n) is 3.13. The van der Waals surface area contributed by atoms with Gasteiger partial charge in [-0.15, -0.1) is 12.6 Å². The molecule has 88 valence electrons. The molecule has 3 N–H and O–H groups in total. The van der Waals surface area contributed by atoms with E-state index in [1.165, 1.54) is 6.07 Å². The van der Waals surface area contributed by atoms with E-state index in [4.69, 9.17) is 5.14 Å². The molecule has 1 amide bonds. The van der Waals surface area contributed by atoms with Crippen LogP contribution in [0.25, 0.3) is 0 Å². The Morgan fingerprint density at radius 3 is 2.56 bits per heavy atom. The van der Waals surface area contributed by atoms with E-state index in [2.05, 4.69) is 17.9 Å². The number of carbonyl (C=O) groups is 1. The summed E-state index contributed by atoms with van der Waals surface area (Å²) in [6.45, 7) is 1.80. The van der Waals surface area contributed by atoms with Gasteiger partial charge < -0.3 is 5.32 Å². The molecule has 0 aliphatic rings. The van der Waals surface area contributed by atoms with Crippen LogP contribution in [-0.2, 0) is 21.2 Å². The third kappa shape index (κ3) is 2.75. The fourth-order valence-corrected chi connectivity index (χ4v) is 2.77. The van der Waals surface area contributed by atoms with Gasteiger partial charge in [-0.05, 0) is 24.1 Å². The van der Waals surface area contributed by atoms with Gasteiger partial charge >= 0.3 is 0 Å². The molecule has 1 aromatic carbocycles. The third-order valence-corrected chi connectivity index (χ3v) is 3.45. The smallest absolute Gasteiger partial charge is 0.238 e. The number of thiol groups is 1. The number of anilines is 1. The maximum Gasteiger partial charge on any atom is 0.238 e. The van der Waals surface area contributed by atoms with Crippen molar-refractivity contribution in [3.05, 3.63) is 17.7 Å². The first-order chi connectivity index (χ1) is 7.40. The minimum Gasteiger partial charge on any atom is -0.329 e. The monoisotopic (exact) mass is 260 g/mol. The maximum absolute atomic E-state index is 11.3. The van der Waals surface area contributed by atoms with Crippen molar-refractivity contribution in [1.29, 1.82) is 0 Å². The van der Waals surface area contributed by atoms with Crippen molar-refractivity contribution in [1.82, 2.24) is 0 Å². The van der Waals surface area contributed by atoms with Crippen molar-refractivity contribution in [2.75, 3.05) is 5.32 Å². The largest absolute Gasteiger partial charge is 0.329 e. The summed E-state index contributed by atoms with van der Waals surface area (Å²) < 4.78 is 22.7. The molecular weight excluding hydrogens is 248 g/mol. The predicted molar refractivity (Wildman–Crippen MR) is 64.1 cm³/mol. The molecule has 0 atom stereocenters. The van der Waals surface area contributed by atoms with Crippen LogP contribution >= 0.6 is 12.6 Å². The quantitative estimate of drug-likeness (QED) is 0.551. The number of amides is 1. The van der Waals surface area contributed by atoms with Crippen molar-refractivity contribution in [2.45, 2.75) is 23.1 Å². The Morgan fingerprint density at radius 2 is 2.12 bits per heavy atom. The minimum atomic E-state index is -3.81. The third-order valence-electron chi connectivity index (χ3n) is 2.07. The summed E-state index contributed by atoms with van der Waals surface area (Å²) in [4.78, 5) is 10.8. The molecular formula is C9H12N2O3S2. The Kier molecular flexibility index (Phi) is 3.95. The summed E-state index contributed by atoms with van der Waals surface area (Å²) in [6.07, 6.45) is 0.951. The number of hydrogen-bond acceptors (Lipinski definition) is 4. The number of nitrogens with one attached hydrogen (secondary N) is 1. The molecule has 1 rings (SSSR count). The Hall–Kier alpha value is -1.05. The van der Waals surface area contributed by atoms with Crippen LogP contribution in [0.1, 0.15) is 12.5 Å². The highest BCUT2D eigenvalue weighted by molar-refractivity contribution is 7.89. The molecule has 1 aromatic rings. The Balaban J connectivity index is 3.49. The molecule has 0 aliphatic carbocycles. The van der Waals surface area contributed by atoms with E-state index in [9.17, 15) is 13.2 Å². The normalized spacial score (nSPS) is 11.2. The van der Waals surface area contributed by atoms with E-state index < -0.39 is 10.0 Å². The fraction of sp³-hybridized carbons (Fsp3) is 0.222. The molecule has 0 aliphatic heterocycles. The fourth-order valence-electron chi connectivity index (χ4n) is 1.39. The molecule has 0 heterocycles. The standard InChI is InChI=1S/C9H12N2O3S2/c1-2-7-8(15)3-6(11-5-12)4-9(7)16(10,13)14/h3-5,15H,2H2,1H3,(H,11,12)(H2,10,13,14). The van der Waals surface area contributed by atoms with Crippen LogP contribution in [0.2, 0.25) is 0 Å². The first-order valence-corrected chi connectivity index (χ1v) is 6.48. The van der Waals surface area contributed by atoms with Crippen LogP contribution in [0.5, 0.6) is 0 Å². The van der Waals surface area contributed by atoms with Crippen LogP contribution in [0.4, 0.5) is 5.69 Å². The number of carbonyl (C=O) groups excluding carboxylic acids is 1. The SMILES string of the molecule is CCc1c(S)cc(NC=O)cc1S(N)(=O)=O. The molecule has 0 saturated carbocycles. The summed E-state index contributed by atoms with van der Waals surface area (Å²) in [5.41, 5.74) is 0.892. The first kappa shape index (κ1) is 13.0. The van der Waals surface area contributed by atoms with Gasteiger partial charge in [-0.1, -0.05) is 6.92 Å². The summed E-state index contributed by atoms with van der Waals surface area (Å²) >= 11 is 4.17. The van der Waals surface area contributed by atoms with Crippen molar-refractivity contribution < 1.29 is 13.2 Å². The molecule has 0 radical (unpaired) electrons. The molecule has 0 spiro atoms. The first-order valence-electron chi connectivity index (χ1n) is 4.49. The van der Waals surface area contributed by atoms with E-state index >= 15 is 0 Å². The van der Waals surface area contributed by atoms with Gasteiger partial charge in [-0.25, -0.2) is 13.6 Å². The van der Waals surface area contributed by atoms with Gasteiger partial charge in [-0.2, -0.15) is 0 Å². The number of nitrogens with two attached hydrogens (primary N) is 1. The van der Waals surface area contributed by atoms with Crippen LogP contribution in [0.15, 0.2) is 21.9 Å². The van der Waals surface area contributed by atoms with E-state index in [1.807, 2.05) is 0 Å². The Bertz CT molecular complexity index is 512. The molecule has 0 bridgehead atoms. The van der Waals surface area contributed by atoms with Crippen LogP contribution in [-0.4, -0.2) is 14.8 Å². The number of sulfonamides is 1. The van der Waals surface area contributed by atoms with Crippen LogP contribution < -0.4 is 10.5 Å². The lowest BCUT2D eigenvalue weighted by Crippen LogP contribution is -2.15. The number of primary sulfonamides is 1. The Morgan fingerprint density at radius 1 is 1.50 bits per heavy atom. The van der Waals surface area contributed by atoms with E-state index in [-0.39, 0.29) is 4.90 Å².